The van der Waals surface area contributed by atoms with Gasteiger partial charge in [0.25, 0.3) is 5.91 Å². The van der Waals surface area contributed by atoms with Crippen LogP contribution in [0.1, 0.15) is 40.9 Å². The van der Waals surface area contributed by atoms with Gasteiger partial charge in [0.15, 0.2) is 0 Å². The van der Waals surface area contributed by atoms with E-state index in [1.165, 1.54) is 11.3 Å². The molecule has 1 saturated heterocycles. The molecule has 1 amide bonds. The Bertz CT molecular complexity index is 372. The molecule has 2 heterocycles. The van der Waals surface area contributed by atoms with Crippen LogP contribution in [0.2, 0.25) is 0 Å². The lowest BCUT2D eigenvalue weighted by molar-refractivity contribution is 0.0933. The van der Waals surface area contributed by atoms with Gasteiger partial charge >= 0.3 is 0 Å². The summed E-state index contributed by atoms with van der Waals surface area (Å²) in [6, 6.07) is 0.320. The third kappa shape index (κ3) is 3.51. The highest BCUT2D eigenvalue weighted by Crippen LogP contribution is 2.15. The quantitative estimate of drug-likeness (QED) is 0.856. The van der Waals surface area contributed by atoms with Gasteiger partial charge in [0, 0.05) is 6.04 Å². The van der Waals surface area contributed by atoms with Crippen LogP contribution >= 0.6 is 11.3 Å². The molecular weight excluding hydrogens is 234 g/mol. The predicted octanol–water partition coefficient (Wildman–Crippen LogP) is 1.58. The molecule has 0 bridgehead atoms. The van der Waals surface area contributed by atoms with Crippen LogP contribution in [0, 0.1) is 0 Å². The first kappa shape index (κ1) is 12.5. The number of hydrogen-bond acceptors (Lipinski definition) is 4. The number of carbonyl (C=O) groups excluding carboxylic acids is 1. The Hall–Kier alpha value is -0.940. The monoisotopic (exact) mass is 253 g/mol. The second kappa shape index (κ2) is 6.12. The molecule has 0 radical (unpaired) electrons. The summed E-state index contributed by atoms with van der Waals surface area (Å²) in [5.74, 6) is 0.0387. The first-order valence-electron chi connectivity index (χ1n) is 6.26. The lowest BCUT2D eigenvalue weighted by Gasteiger charge is -2.23. The predicted molar refractivity (Wildman–Crippen MR) is 69.5 cm³/mol. The van der Waals surface area contributed by atoms with E-state index in [2.05, 4.69) is 22.5 Å². The van der Waals surface area contributed by atoms with E-state index in [9.17, 15) is 4.79 Å². The maximum absolute atomic E-state index is 12.0. The second-order valence-corrected chi connectivity index (χ2v) is 5.48. The number of carbonyl (C=O) groups is 1. The van der Waals surface area contributed by atoms with Gasteiger partial charge in [-0.25, -0.2) is 4.98 Å². The lowest BCUT2D eigenvalue weighted by atomic mass is 10.1. The van der Waals surface area contributed by atoms with Crippen LogP contribution in [-0.4, -0.2) is 30.0 Å². The Balaban J connectivity index is 1.89. The number of rotatable bonds is 4. The van der Waals surface area contributed by atoms with Crippen molar-refractivity contribution in [3.8, 4) is 0 Å². The molecule has 1 aromatic heterocycles. The molecule has 0 spiro atoms. The molecule has 2 rings (SSSR count). The first-order chi connectivity index (χ1) is 8.29. The second-order valence-electron chi connectivity index (χ2n) is 4.37. The third-order valence-corrected chi connectivity index (χ3v) is 3.97. The van der Waals surface area contributed by atoms with Crippen LogP contribution in [0.3, 0.4) is 0 Å². The maximum atomic E-state index is 12.0. The van der Waals surface area contributed by atoms with Gasteiger partial charge < -0.3 is 10.6 Å². The fourth-order valence-corrected chi connectivity index (χ4v) is 2.89. The lowest BCUT2D eigenvalue weighted by Crippen LogP contribution is -2.42. The summed E-state index contributed by atoms with van der Waals surface area (Å²) in [5.41, 5.74) is 0. The minimum Gasteiger partial charge on any atom is -0.348 e. The van der Waals surface area contributed by atoms with E-state index in [4.69, 9.17) is 0 Å². The molecule has 5 heteroatoms. The van der Waals surface area contributed by atoms with Crippen LogP contribution in [0.25, 0.3) is 0 Å². The SMILES string of the molecule is CCCc1ncc(C(=O)NC2CCNCC2)s1. The number of aryl methyl sites for hydroxylation is 1. The summed E-state index contributed by atoms with van der Waals surface area (Å²) < 4.78 is 0. The highest BCUT2D eigenvalue weighted by molar-refractivity contribution is 7.13. The zero-order valence-corrected chi connectivity index (χ0v) is 11.0. The highest BCUT2D eigenvalue weighted by atomic mass is 32.1. The van der Waals surface area contributed by atoms with Crippen LogP contribution in [0.15, 0.2) is 6.20 Å². The van der Waals surface area contributed by atoms with Crippen molar-refractivity contribution in [2.45, 2.75) is 38.6 Å². The smallest absolute Gasteiger partial charge is 0.263 e. The minimum absolute atomic E-state index is 0.0387. The van der Waals surface area contributed by atoms with Crippen molar-refractivity contribution in [1.82, 2.24) is 15.6 Å². The Morgan fingerprint density at radius 3 is 3.06 bits per heavy atom. The Morgan fingerprint density at radius 1 is 1.59 bits per heavy atom. The van der Waals surface area contributed by atoms with Gasteiger partial charge in [0.05, 0.1) is 11.2 Å². The normalized spacial score (nSPS) is 17.0. The van der Waals surface area contributed by atoms with E-state index >= 15 is 0 Å². The molecule has 4 nitrogen and oxygen atoms in total. The minimum atomic E-state index is 0.0387. The molecule has 1 aliphatic heterocycles. The van der Waals surface area contributed by atoms with Crippen LogP contribution in [0.5, 0.6) is 0 Å². The summed E-state index contributed by atoms with van der Waals surface area (Å²) in [7, 11) is 0. The number of amides is 1. The van der Waals surface area contributed by atoms with E-state index in [1.54, 1.807) is 6.20 Å². The standard InChI is InChI=1S/C12H19N3OS/c1-2-3-11-14-8-10(17-11)12(16)15-9-4-6-13-7-5-9/h8-9,13H,2-7H2,1H3,(H,15,16). The van der Waals surface area contributed by atoms with Gasteiger partial charge in [-0.15, -0.1) is 11.3 Å². The summed E-state index contributed by atoms with van der Waals surface area (Å²) in [6.45, 7) is 4.11. The number of nitrogens with zero attached hydrogens (tertiary/aromatic N) is 1. The molecule has 0 aromatic carbocycles. The molecule has 17 heavy (non-hydrogen) atoms. The highest BCUT2D eigenvalue weighted by Gasteiger charge is 2.17. The topological polar surface area (TPSA) is 54.0 Å². The Labute approximate surface area is 106 Å². The molecule has 0 aliphatic carbocycles. The molecule has 1 aliphatic rings. The van der Waals surface area contributed by atoms with Crippen molar-refractivity contribution < 1.29 is 4.79 Å². The first-order valence-corrected chi connectivity index (χ1v) is 7.07. The van der Waals surface area contributed by atoms with Crippen LogP contribution < -0.4 is 10.6 Å². The zero-order chi connectivity index (χ0) is 12.1. The Kier molecular flexibility index (Phi) is 4.50. The molecule has 0 atom stereocenters. The zero-order valence-electron chi connectivity index (χ0n) is 10.2. The average Bonchev–Trinajstić information content (AvgIpc) is 2.79. The van der Waals surface area contributed by atoms with Crippen molar-refractivity contribution in [3.05, 3.63) is 16.1 Å². The molecule has 0 unspecified atom stereocenters. The average molecular weight is 253 g/mol. The van der Waals surface area contributed by atoms with E-state index in [0.717, 1.165) is 48.7 Å². The summed E-state index contributed by atoms with van der Waals surface area (Å²) in [6.07, 6.45) is 5.78. The molecule has 94 valence electrons. The fourth-order valence-electron chi connectivity index (χ4n) is 1.97. The van der Waals surface area contributed by atoms with Crippen molar-refractivity contribution in [3.63, 3.8) is 0 Å². The summed E-state index contributed by atoms with van der Waals surface area (Å²) in [4.78, 5) is 17.0. The number of aromatic nitrogens is 1. The summed E-state index contributed by atoms with van der Waals surface area (Å²) in [5, 5.41) is 7.43. The Morgan fingerprint density at radius 2 is 2.35 bits per heavy atom. The molecule has 1 aromatic rings. The van der Waals surface area contributed by atoms with Crippen molar-refractivity contribution >= 4 is 17.2 Å². The number of nitrogens with one attached hydrogen (secondary N) is 2. The van der Waals surface area contributed by atoms with Gasteiger partial charge in [-0.05, 0) is 38.8 Å². The molecular formula is C12H19N3OS. The maximum Gasteiger partial charge on any atom is 0.263 e. The molecule has 2 N–H and O–H groups in total. The third-order valence-electron chi connectivity index (χ3n) is 2.92. The van der Waals surface area contributed by atoms with Gasteiger partial charge in [-0.3, -0.25) is 4.79 Å². The van der Waals surface area contributed by atoms with Gasteiger partial charge in [-0.1, -0.05) is 6.92 Å². The van der Waals surface area contributed by atoms with E-state index < -0.39 is 0 Å². The molecule has 1 fully saturated rings. The van der Waals surface area contributed by atoms with Crippen molar-refractivity contribution in [1.29, 1.82) is 0 Å². The van der Waals surface area contributed by atoms with E-state index in [0.29, 0.717) is 6.04 Å². The van der Waals surface area contributed by atoms with Crippen LogP contribution in [0.4, 0.5) is 0 Å². The van der Waals surface area contributed by atoms with E-state index in [-0.39, 0.29) is 5.91 Å². The van der Waals surface area contributed by atoms with E-state index in [1.807, 2.05) is 0 Å². The molecule has 0 saturated carbocycles. The number of piperidine rings is 1. The van der Waals surface area contributed by atoms with Gasteiger partial charge in [-0.2, -0.15) is 0 Å². The largest absolute Gasteiger partial charge is 0.348 e. The van der Waals surface area contributed by atoms with Crippen molar-refractivity contribution in [2.75, 3.05) is 13.1 Å². The number of thiazole rings is 1. The number of hydrogen-bond donors (Lipinski definition) is 2. The van der Waals surface area contributed by atoms with Gasteiger partial charge in [0.1, 0.15) is 4.88 Å². The fraction of sp³-hybridized carbons (Fsp3) is 0.667. The van der Waals surface area contributed by atoms with Crippen LogP contribution in [-0.2, 0) is 6.42 Å². The summed E-state index contributed by atoms with van der Waals surface area (Å²) >= 11 is 1.52. The van der Waals surface area contributed by atoms with Crippen molar-refractivity contribution in [2.24, 2.45) is 0 Å². The van der Waals surface area contributed by atoms with Gasteiger partial charge in [0.2, 0.25) is 0 Å².